The van der Waals surface area contributed by atoms with Crippen LogP contribution < -0.4 is 4.74 Å². The maximum Gasteiger partial charge on any atom is 0.246 e. The fraction of sp³-hybridized carbons (Fsp3) is 0.304. The van der Waals surface area contributed by atoms with Gasteiger partial charge in [0.05, 0.1) is 12.5 Å². The summed E-state index contributed by atoms with van der Waals surface area (Å²) in [4.78, 5) is 18.5. The lowest BCUT2D eigenvalue weighted by Gasteiger charge is -2.38. The standard InChI is InChI=1S/C23H23N3O3/c1-2-23(28)26-17-5-6-18(26)11-20(10-17)29-22-9-16(13-25-14-24-12-21(22)25)15-3-7-19(27)8-4-15/h2-4,7-9,12-14,17-18,20,27H,1,5-6,10-11H2/t17-,18+,20?. The van der Waals surface area contributed by atoms with E-state index in [2.05, 4.69) is 11.6 Å². The molecule has 2 aliphatic heterocycles. The average Bonchev–Trinajstić information content (AvgIpc) is 3.30. The molecule has 4 heterocycles. The predicted molar refractivity (Wildman–Crippen MR) is 110 cm³/mol. The number of hydrogen-bond acceptors (Lipinski definition) is 4. The van der Waals surface area contributed by atoms with Crippen molar-refractivity contribution < 1.29 is 14.6 Å². The molecule has 2 fully saturated rings. The summed E-state index contributed by atoms with van der Waals surface area (Å²) >= 11 is 0. The summed E-state index contributed by atoms with van der Waals surface area (Å²) in [7, 11) is 0. The van der Waals surface area contributed by atoms with E-state index in [1.54, 1.807) is 24.7 Å². The molecule has 1 aromatic carbocycles. The molecule has 6 heteroatoms. The van der Waals surface area contributed by atoms with E-state index in [-0.39, 0.29) is 29.8 Å². The third kappa shape index (κ3) is 3.14. The van der Waals surface area contributed by atoms with Gasteiger partial charge in [0.25, 0.3) is 0 Å². The second-order valence-electron chi connectivity index (χ2n) is 7.87. The number of piperidine rings is 1. The Morgan fingerprint density at radius 3 is 2.59 bits per heavy atom. The van der Waals surface area contributed by atoms with Crippen molar-refractivity contribution in [2.45, 2.75) is 43.9 Å². The number of aromatic hydroxyl groups is 1. The number of rotatable bonds is 4. The minimum absolute atomic E-state index is 0.0310. The molecule has 2 saturated heterocycles. The van der Waals surface area contributed by atoms with Gasteiger partial charge in [-0.05, 0) is 42.7 Å². The molecule has 3 atom stereocenters. The zero-order valence-electron chi connectivity index (χ0n) is 16.1. The van der Waals surface area contributed by atoms with Crippen molar-refractivity contribution in [1.82, 2.24) is 14.3 Å². The molecule has 2 aliphatic rings. The van der Waals surface area contributed by atoms with Crippen molar-refractivity contribution >= 4 is 11.4 Å². The van der Waals surface area contributed by atoms with Crippen LogP contribution in [0.2, 0.25) is 0 Å². The first-order chi connectivity index (χ1) is 14.1. The molecule has 1 N–H and O–H groups in total. The highest BCUT2D eigenvalue weighted by Crippen LogP contribution is 2.38. The first-order valence-corrected chi connectivity index (χ1v) is 9.99. The lowest BCUT2D eigenvalue weighted by Crippen LogP contribution is -2.48. The van der Waals surface area contributed by atoms with Crippen LogP contribution in [0.4, 0.5) is 0 Å². The van der Waals surface area contributed by atoms with Gasteiger partial charge >= 0.3 is 0 Å². The second-order valence-corrected chi connectivity index (χ2v) is 7.87. The van der Waals surface area contributed by atoms with Crippen molar-refractivity contribution in [2.75, 3.05) is 0 Å². The number of amides is 1. The van der Waals surface area contributed by atoms with Crippen molar-refractivity contribution in [3.05, 3.63) is 61.7 Å². The maximum absolute atomic E-state index is 12.2. The zero-order valence-corrected chi connectivity index (χ0v) is 16.1. The molecule has 0 saturated carbocycles. The van der Waals surface area contributed by atoms with E-state index in [0.717, 1.165) is 48.1 Å². The first kappa shape index (κ1) is 17.8. The number of phenols is 1. The van der Waals surface area contributed by atoms with Crippen molar-refractivity contribution in [3.63, 3.8) is 0 Å². The van der Waals surface area contributed by atoms with Gasteiger partial charge in [0, 0.05) is 36.7 Å². The van der Waals surface area contributed by atoms with Crippen molar-refractivity contribution in [1.29, 1.82) is 0 Å². The Hall–Kier alpha value is -3.28. The van der Waals surface area contributed by atoms with Gasteiger partial charge in [-0.3, -0.25) is 4.79 Å². The third-order valence-corrected chi connectivity index (χ3v) is 6.10. The second kappa shape index (κ2) is 6.95. The number of nitrogens with zero attached hydrogens (tertiary/aromatic N) is 3. The molecular formula is C23H23N3O3. The van der Waals surface area contributed by atoms with Gasteiger partial charge < -0.3 is 19.1 Å². The van der Waals surface area contributed by atoms with Crippen LogP contribution in [-0.2, 0) is 4.79 Å². The minimum Gasteiger partial charge on any atom is -0.508 e. The van der Waals surface area contributed by atoms with E-state index < -0.39 is 0 Å². The van der Waals surface area contributed by atoms with Gasteiger partial charge in [0.15, 0.2) is 0 Å². The van der Waals surface area contributed by atoms with Gasteiger partial charge in [0.1, 0.15) is 23.1 Å². The minimum atomic E-state index is 0.0310. The SMILES string of the molecule is C=CC(=O)N1[C@@H]2CC[C@H]1CC(Oc1cc(-c3ccc(O)cc3)cn3cncc13)C2. The largest absolute Gasteiger partial charge is 0.508 e. The Morgan fingerprint density at radius 2 is 1.90 bits per heavy atom. The Balaban J connectivity index is 1.44. The van der Waals surface area contributed by atoms with Gasteiger partial charge in [-0.15, -0.1) is 0 Å². The maximum atomic E-state index is 12.2. The van der Waals surface area contributed by atoms with Crippen LogP contribution >= 0.6 is 0 Å². The van der Waals surface area contributed by atoms with Gasteiger partial charge in [0.2, 0.25) is 5.91 Å². The van der Waals surface area contributed by atoms with E-state index in [9.17, 15) is 9.90 Å². The number of benzene rings is 1. The molecule has 2 bridgehead atoms. The molecule has 5 rings (SSSR count). The zero-order chi connectivity index (χ0) is 20.0. The van der Waals surface area contributed by atoms with E-state index in [4.69, 9.17) is 4.74 Å². The number of pyridine rings is 1. The Bertz CT molecular complexity index is 1060. The number of carbonyl (C=O) groups is 1. The van der Waals surface area contributed by atoms with Crippen LogP contribution in [0.15, 0.2) is 61.7 Å². The van der Waals surface area contributed by atoms with Gasteiger partial charge in [-0.25, -0.2) is 4.98 Å². The summed E-state index contributed by atoms with van der Waals surface area (Å²) in [5.41, 5.74) is 2.91. The van der Waals surface area contributed by atoms with Crippen LogP contribution in [-0.4, -0.2) is 43.5 Å². The fourth-order valence-electron chi connectivity index (χ4n) is 4.77. The summed E-state index contributed by atoms with van der Waals surface area (Å²) < 4.78 is 8.44. The molecule has 0 aliphatic carbocycles. The molecule has 1 amide bonds. The van der Waals surface area contributed by atoms with Gasteiger partial charge in [-0.2, -0.15) is 0 Å². The number of ether oxygens (including phenoxy) is 1. The van der Waals surface area contributed by atoms with E-state index in [1.165, 1.54) is 6.08 Å². The first-order valence-electron chi connectivity index (χ1n) is 9.99. The van der Waals surface area contributed by atoms with Crippen LogP contribution in [0, 0.1) is 0 Å². The Labute approximate surface area is 169 Å². The van der Waals surface area contributed by atoms with Crippen LogP contribution in [0.25, 0.3) is 16.6 Å². The topological polar surface area (TPSA) is 67.1 Å². The molecule has 6 nitrogen and oxygen atoms in total. The van der Waals surface area contributed by atoms with Crippen LogP contribution in [0.5, 0.6) is 11.5 Å². The molecule has 1 unspecified atom stereocenters. The molecule has 148 valence electrons. The highest BCUT2D eigenvalue weighted by Gasteiger charge is 2.43. The smallest absolute Gasteiger partial charge is 0.246 e. The van der Waals surface area contributed by atoms with E-state index >= 15 is 0 Å². The molecular weight excluding hydrogens is 366 g/mol. The highest BCUT2D eigenvalue weighted by molar-refractivity contribution is 5.87. The fourth-order valence-corrected chi connectivity index (χ4v) is 4.77. The average molecular weight is 389 g/mol. The summed E-state index contributed by atoms with van der Waals surface area (Å²) in [6.07, 6.45) is 10.8. The van der Waals surface area contributed by atoms with Crippen LogP contribution in [0.1, 0.15) is 25.7 Å². The quantitative estimate of drug-likeness (QED) is 0.690. The number of aromatic nitrogens is 2. The van der Waals surface area contributed by atoms with Crippen molar-refractivity contribution in [3.8, 4) is 22.6 Å². The molecule has 3 aromatic rings. The van der Waals surface area contributed by atoms with Crippen molar-refractivity contribution in [2.24, 2.45) is 0 Å². The Kier molecular flexibility index (Phi) is 4.27. The molecule has 0 radical (unpaired) electrons. The number of imidazole rings is 1. The highest BCUT2D eigenvalue weighted by atomic mass is 16.5. The lowest BCUT2D eigenvalue weighted by atomic mass is 9.99. The van der Waals surface area contributed by atoms with Crippen LogP contribution in [0.3, 0.4) is 0 Å². The number of hydrogen-bond donors (Lipinski definition) is 1. The van der Waals surface area contributed by atoms with E-state index in [0.29, 0.717) is 0 Å². The monoisotopic (exact) mass is 389 g/mol. The summed E-state index contributed by atoms with van der Waals surface area (Å²) in [5.74, 6) is 1.06. The summed E-state index contributed by atoms with van der Waals surface area (Å²) in [5, 5.41) is 9.57. The Morgan fingerprint density at radius 1 is 1.17 bits per heavy atom. The summed E-state index contributed by atoms with van der Waals surface area (Å²) in [6.45, 7) is 3.64. The van der Waals surface area contributed by atoms with Gasteiger partial charge in [-0.1, -0.05) is 18.7 Å². The lowest BCUT2D eigenvalue weighted by molar-refractivity contribution is -0.131. The normalized spacial score (nSPS) is 23.3. The molecule has 0 spiro atoms. The third-order valence-electron chi connectivity index (χ3n) is 6.10. The number of phenolic OH excluding ortho intramolecular Hbond substituents is 1. The van der Waals surface area contributed by atoms with E-state index in [1.807, 2.05) is 33.7 Å². The molecule has 2 aromatic heterocycles. The number of fused-ring (bicyclic) bond motifs is 3. The predicted octanol–water partition coefficient (Wildman–Crippen LogP) is 3.79. The summed E-state index contributed by atoms with van der Waals surface area (Å²) in [6, 6.07) is 9.62. The number of carbonyl (C=O) groups excluding carboxylic acids is 1. The molecule has 29 heavy (non-hydrogen) atoms.